The van der Waals surface area contributed by atoms with Gasteiger partial charge in [0.2, 0.25) is 0 Å². The Morgan fingerprint density at radius 3 is 2.68 bits per heavy atom. The molecule has 1 aromatic heterocycles. The van der Waals surface area contributed by atoms with Crippen molar-refractivity contribution in [3.05, 3.63) is 64.5 Å². The van der Waals surface area contributed by atoms with E-state index >= 15 is 0 Å². The van der Waals surface area contributed by atoms with Gasteiger partial charge in [-0.1, -0.05) is 36.0 Å². The van der Waals surface area contributed by atoms with E-state index < -0.39 is 4.92 Å². The van der Waals surface area contributed by atoms with E-state index in [0.717, 1.165) is 12.8 Å². The molecule has 0 bridgehead atoms. The molecule has 0 atom stereocenters. The molecule has 1 fully saturated rings. The summed E-state index contributed by atoms with van der Waals surface area (Å²) in [5, 5.41) is 20.2. The molecule has 1 aliphatic carbocycles. The molecule has 0 aliphatic heterocycles. The van der Waals surface area contributed by atoms with Gasteiger partial charge in [-0.2, -0.15) is 0 Å². The maximum atomic E-state index is 14.2. The van der Waals surface area contributed by atoms with Crippen LogP contribution in [0.2, 0.25) is 0 Å². The van der Waals surface area contributed by atoms with Gasteiger partial charge >= 0.3 is 5.69 Å². The number of aromatic nitrogens is 3. The number of benzene rings is 2. The smallest absolute Gasteiger partial charge is 0.310 e. The van der Waals surface area contributed by atoms with E-state index in [1.165, 1.54) is 23.9 Å². The van der Waals surface area contributed by atoms with Gasteiger partial charge in [-0.15, -0.1) is 10.2 Å². The minimum Gasteiger partial charge on any atom is -0.486 e. The van der Waals surface area contributed by atoms with E-state index in [1.54, 1.807) is 36.4 Å². The summed E-state index contributed by atoms with van der Waals surface area (Å²) in [5.41, 5.74) is 0.375. The Morgan fingerprint density at radius 2 is 1.93 bits per heavy atom. The van der Waals surface area contributed by atoms with Gasteiger partial charge in [0.25, 0.3) is 0 Å². The Hall–Kier alpha value is -2.94. The summed E-state index contributed by atoms with van der Waals surface area (Å²) in [4.78, 5) is 10.6. The average molecular weight is 400 g/mol. The molecule has 1 saturated carbocycles. The van der Waals surface area contributed by atoms with Crippen LogP contribution >= 0.6 is 11.8 Å². The Morgan fingerprint density at radius 1 is 1.18 bits per heavy atom. The maximum absolute atomic E-state index is 14.2. The molecule has 28 heavy (non-hydrogen) atoms. The average Bonchev–Trinajstić information content (AvgIpc) is 3.45. The maximum Gasteiger partial charge on any atom is 0.310 e. The zero-order valence-electron chi connectivity index (χ0n) is 14.8. The van der Waals surface area contributed by atoms with Gasteiger partial charge in [-0.25, -0.2) is 4.39 Å². The van der Waals surface area contributed by atoms with Crippen molar-refractivity contribution in [1.29, 1.82) is 0 Å². The first-order valence-electron chi connectivity index (χ1n) is 8.84. The van der Waals surface area contributed by atoms with Crippen LogP contribution in [0.4, 0.5) is 10.1 Å². The number of nitrogens with zero attached hydrogens (tertiary/aromatic N) is 4. The molecule has 0 saturated heterocycles. The lowest BCUT2D eigenvalue weighted by Gasteiger charge is -2.10. The summed E-state index contributed by atoms with van der Waals surface area (Å²) in [6, 6.07) is 13.1. The Balaban J connectivity index is 1.45. The first-order valence-corrected chi connectivity index (χ1v) is 9.82. The van der Waals surface area contributed by atoms with E-state index in [0.29, 0.717) is 22.3 Å². The van der Waals surface area contributed by atoms with Crippen LogP contribution in [0.15, 0.2) is 53.7 Å². The van der Waals surface area contributed by atoms with E-state index in [2.05, 4.69) is 10.2 Å². The Labute approximate surface area is 164 Å². The molecule has 0 spiro atoms. The lowest BCUT2D eigenvalue weighted by Crippen LogP contribution is -2.05. The summed E-state index contributed by atoms with van der Waals surface area (Å²) in [7, 11) is 0. The fourth-order valence-electron chi connectivity index (χ4n) is 2.88. The number of rotatable bonds is 8. The summed E-state index contributed by atoms with van der Waals surface area (Å²) < 4.78 is 21.7. The van der Waals surface area contributed by atoms with Crippen LogP contribution in [0.5, 0.6) is 5.75 Å². The zero-order chi connectivity index (χ0) is 19.5. The van der Waals surface area contributed by atoms with Crippen molar-refractivity contribution in [3.8, 4) is 17.1 Å². The molecule has 0 N–H and O–H groups in total. The van der Waals surface area contributed by atoms with Crippen molar-refractivity contribution in [1.82, 2.24) is 14.8 Å². The third-order valence-corrected chi connectivity index (χ3v) is 5.23. The minimum atomic E-state index is -0.465. The second-order valence-corrected chi connectivity index (χ2v) is 7.37. The number of hydrogen-bond acceptors (Lipinski definition) is 6. The van der Waals surface area contributed by atoms with Crippen LogP contribution in [0.25, 0.3) is 11.4 Å². The first kappa shape index (κ1) is 18.4. The minimum absolute atomic E-state index is 0.0597. The van der Waals surface area contributed by atoms with Crippen LogP contribution in [-0.4, -0.2) is 32.0 Å². The van der Waals surface area contributed by atoms with Crippen LogP contribution in [0.1, 0.15) is 18.9 Å². The monoisotopic (exact) mass is 400 g/mol. The summed E-state index contributed by atoms with van der Waals surface area (Å²) in [6.45, 7) is 0.280. The van der Waals surface area contributed by atoms with Gasteiger partial charge in [0.15, 0.2) is 16.7 Å². The SMILES string of the molecule is O=[N+]([O-])c1ccccc1OCCSc1nnc(-c2ccccc2F)n1C1CC1. The number of ether oxygens (including phenoxy) is 1. The predicted octanol–water partition coefficient (Wildman–Crippen LogP) is 4.50. The van der Waals surface area contributed by atoms with Gasteiger partial charge in [0.05, 0.1) is 17.1 Å². The highest BCUT2D eigenvalue weighted by Crippen LogP contribution is 2.41. The normalized spacial score (nSPS) is 13.5. The number of para-hydroxylation sites is 2. The molecule has 1 heterocycles. The standard InChI is InChI=1S/C19H17FN4O3S/c20-15-6-2-1-5-14(15)18-21-22-19(23(18)13-9-10-13)28-12-11-27-17-8-4-3-7-16(17)24(25)26/h1-8,13H,9-12H2. The van der Waals surface area contributed by atoms with Gasteiger partial charge in [-0.05, 0) is 31.0 Å². The van der Waals surface area contributed by atoms with Crippen LogP contribution in [-0.2, 0) is 0 Å². The molecule has 2 aromatic carbocycles. The van der Waals surface area contributed by atoms with Crippen molar-refractivity contribution < 1.29 is 14.1 Å². The molecule has 9 heteroatoms. The van der Waals surface area contributed by atoms with Crippen LogP contribution in [0, 0.1) is 15.9 Å². The zero-order valence-corrected chi connectivity index (χ0v) is 15.6. The lowest BCUT2D eigenvalue weighted by atomic mass is 10.2. The number of thioether (sulfide) groups is 1. The molecule has 144 valence electrons. The van der Waals surface area contributed by atoms with Crippen LogP contribution in [0.3, 0.4) is 0 Å². The highest BCUT2D eigenvalue weighted by Gasteiger charge is 2.30. The second-order valence-electron chi connectivity index (χ2n) is 6.31. The Kier molecular flexibility index (Phi) is 5.25. The summed E-state index contributed by atoms with van der Waals surface area (Å²) >= 11 is 1.44. The molecule has 7 nitrogen and oxygen atoms in total. The summed E-state index contributed by atoms with van der Waals surface area (Å²) in [6.07, 6.45) is 2.03. The molecule has 0 unspecified atom stereocenters. The van der Waals surface area contributed by atoms with Crippen molar-refractivity contribution >= 4 is 17.4 Å². The molecule has 1 aliphatic rings. The van der Waals surface area contributed by atoms with Crippen molar-refractivity contribution in [2.45, 2.75) is 24.0 Å². The third-order valence-electron chi connectivity index (χ3n) is 4.33. The molecular formula is C19H17FN4O3S. The largest absolute Gasteiger partial charge is 0.486 e. The van der Waals surface area contributed by atoms with Gasteiger partial charge in [0.1, 0.15) is 5.82 Å². The number of hydrogen-bond donors (Lipinski definition) is 0. The quantitative estimate of drug-likeness (QED) is 0.240. The molecule has 0 amide bonds. The third kappa shape index (κ3) is 3.84. The van der Waals surface area contributed by atoms with Gasteiger partial charge < -0.3 is 4.74 Å². The highest BCUT2D eigenvalue weighted by atomic mass is 32.2. The highest BCUT2D eigenvalue weighted by molar-refractivity contribution is 7.99. The number of halogens is 1. The fraction of sp³-hybridized carbons (Fsp3) is 0.263. The van der Waals surface area contributed by atoms with E-state index in [1.807, 2.05) is 4.57 Å². The topological polar surface area (TPSA) is 83.1 Å². The molecule has 0 radical (unpaired) electrons. The van der Waals surface area contributed by atoms with Crippen molar-refractivity contribution in [2.75, 3.05) is 12.4 Å². The molecule has 3 aromatic rings. The van der Waals surface area contributed by atoms with E-state index in [-0.39, 0.29) is 29.9 Å². The van der Waals surface area contributed by atoms with Gasteiger partial charge in [0, 0.05) is 17.9 Å². The number of nitro benzene ring substituents is 1. The fourth-order valence-corrected chi connectivity index (χ4v) is 3.70. The van der Waals surface area contributed by atoms with Crippen molar-refractivity contribution in [2.24, 2.45) is 0 Å². The van der Waals surface area contributed by atoms with Crippen molar-refractivity contribution in [3.63, 3.8) is 0 Å². The second kappa shape index (κ2) is 7.97. The molecular weight excluding hydrogens is 383 g/mol. The van der Waals surface area contributed by atoms with Crippen LogP contribution < -0.4 is 4.74 Å². The predicted molar refractivity (Wildman–Crippen MR) is 103 cm³/mol. The number of nitro groups is 1. The van der Waals surface area contributed by atoms with E-state index in [9.17, 15) is 14.5 Å². The van der Waals surface area contributed by atoms with Gasteiger partial charge in [-0.3, -0.25) is 14.7 Å². The summed E-state index contributed by atoms with van der Waals surface area (Å²) in [5.74, 6) is 0.980. The first-order chi connectivity index (χ1) is 13.6. The lowest BCUT2D eigenvalue weighted by molar-refractivity contribution is -0.385. The molecule has 4 rings (SSSR count). The van der Waals surface area contributed by atoms with E-state index in [4.69, 9.17) is 4.74 Å². The Bertz CT molecular complexity index is 1010.